The molecule has 1 aromatic heterocycles. The molecule has 0 unspecified atom stereocenters. The van der Waals surface area contributed by atoms with Crippen LogP contribution in [-0.2, 0) is 4.74 Å². The first-order valence-electron chi connectivity index (χ1n) is 6.34. The Labute approximate surface area is 123 Å². The van der Waals surface area contributed by atoms with E-state index in [2.05, 4.69) is 23.5 Å². The first kappa shape index (κ1) is 16.3. The number of hydrogen-bond acceptors (Lipinski definition) is 6. The zero-order valence-electron chi connectivity index (χ0n) is 11.9. The minimum Gasteiger partial charge on any atom is -0.754 e. The van der Waals surface area contributed by atoms with Gasteiger partial charge < -0.3 is 20.6 Å². The Morgan fingerprint density at radius 1 is 1.57 bits per heavy atom. The summed E-state index contributed by atoms with van der Waals surface area (Å²) < 4.78 is 5.05. The minimum absolute atomic E-state index is 0.0610. The van der Waals surface area contributed by atoms with Gasteiger partial charge in [0.2, 0.25) is 5.82 Å². The number of hydrogen-bond donors (Lipinski definition) is 2. The summed E-state index contributed by atoms with van der Waals surface area (Å²) in [4.78, 5) is 17.2. The number of carbonyl (C=O) groups excluding carboxylic acids is 1. The SMILES string of the molecule is C=CCN(CC=C)c1cc(NC(=O)OCC)[n+]([O-])c(N)n1. The number of anilines is 3. The normalized spacial score (nSPS) is 9.76. The van der Waals surface area contributed by atoms with Gasteiger partial charge in [-0.25, -0.2) is 14.8 Å². The molecule has 0 aliphatic rings. The highest BCUT2D eigenvalue weighted by atomic mass is 16.5. The van der Waals surface area contributed by atoms with Crippen LogP contribution in [0.2, 0.25) is 0 Å². The summed E-state index contributed by atoms with van der Waals surface area (Å²) in [5.41, 5.74) is 5.57. The Hall–Kier alpha value is -2.77. The minimum atomic E-state index is -0.738. The van der Waals surface area contributed by atoms with Crippen LogP contribution in [0.3, 0.4) is 0 Å². The van der Waals surface area contributed by atoms with Gasteiger partial charge in [0.05, 0.1) is 12.7 Å². The Morgan fingerprint density at radius 2 is 2.19 bits per heavy atom. The molecule has 1 aromatic rings. The monoisotopic (exact) mass is 293 g/mol. The molecule has 1 amide bonds. The molecule has 1 rings (SSSR count). The fourth-order valence-corrected chi connectivity index (χ4v) is 1.59. The smallest absolute Gasteiger partial charge is 0.458 e. The summed E-state index contributed by atoms with van der Waals surface area (Å²) in [6.45, 7) is 10.1. The van der Waals surface area contributed by atoms with Crippen molar-refractivity contribution >= 4 is 23.7 Å². The quantitative estimate of drug-likeness (QED) is 0.442. The van der Waals surface area contributed by atoms with E-state index in [0.29, 0.717) is 23.6 Å². The number of rotatable bonds is 7. The number of nitrogens with one attached hydrogen (secondary N) is 1. The Bertz CT molecular complexity index is 523. The summed E-state index contributed by atoms with van der Waals surface area (Å²) in [6, 6.07) is 1.41. The number of ether oxygens (including phenoxy) is 1. The van der Waals surface area contributed by atoms with E-state index in [1.807, 2.05) is 0 Å². The summed E-state index contributed by atoms with van der Waals surface area (Å²) in [5, 5.41) is 14.1. The highest BCUT2D eigenvalue weighted by Crippen LogP contribution is 2.16. The largest absolute Gasteiger partial charge is 0.754 e. The van der Waals surface area contributed by atoms with Gasteiger partial charge in [-0.1, -0.05) is 17.1 Å². The molecule has 3 N–H and O–H groups in total. The van der Waals surface area contributed by atoms with E-state index in [9.17, 15) is 10.0 Å². The molecular weight excluding hydrogens is 274 g/mol. The fourth-order valence-electron chi connectivity index (χ4n) is 1.59. The fraction of sp³-hybridized carbons (Fsp3) is 0.308. The van der Waals surface area contributed by atoms with Gasteiger partial charge in [0.1, 0.15) is 0 Å². The van der Waals surface area contributed by atoms with Crippen molar-refractivity contribution in [1.29, 1.82) is 0 Å². The van der Waals surface area contributed by atoms with Crippen LogP contribution in [0.4, 0.5) is 22.4 Å². The topological polar surface area (TPSA) is 107 Å². The summed E-state index contributed by atoms with van der Waals surface area (Å²) in [7, 11) is 0. The van der Waals surface area contributed by atoms with Crippen molar-refractivity contribution in [3.63, 3.8) is 0 Å². The third kappa shape index (κ3) is 4.37. The molecule has 0 saturated heterocycles. The molecule has 0 aromatic carbocycles. The molecule has 0 aliphatic heterocycles. The maximum absolute atomic E-state index is 11.8. The number of carbonyl (C=O) groups is 1. The van der Waals surface area contributed by atoms with Gasteiger partial charge in [-0.05, 0) is 6.92 Å². The molecule has 0 saturated carbocycles. The van der Waals surface area contributed by atoms with Crippen LogP contribution in [0.15, 0.2) is 31.4 Å². The van der Waals surface area contributed by atoms with Gasteiger partial charge >= 0.3 is 12.0 Å². The van der Waals surface area contributed by atoms with Crippen molar-refractivity contribution in [2.75, 3.05) is 35.6 Å². The van der Waals surface area contributed by atoms with Gasteiger partial charge in [-0.2, -0.15) is 0 Å². The van der Waals surface area contributed by atoms with Crippen molar-refractivity contribution in [3.8, 4) is 0 Å². The van der Waals surface area contributed by atoms with Crippen molar-refractivity contribution in [1.82, 2.24) is 4.98 Å². The van der Waals surface area contributed by atoms with E-state index < -0.39 is 6.09 Å². The van der Waals surface area contributed by atoms with Gasteiger partial charge in [0, 0.05) is 13.1 Å². The van der Waals surface area contributed by atoms with Crippen LogP contribution in [0.1, 0.15) is 6.92 Å². The Kier molecular flexibility index (Phi) is 5.99. The molecule has 0 radical (unpaired) electrons. The molecule has 21 heavy (non-hydrogen) atoms. The lowest BCUT2D eigenvalue weighted by molar-refractivity contribution is -0.577. The van der Waals surface area contributed by atoms with Crippen molar-refractivity contribution < 1.29 is 14.3 Å². The molecule has 0 spiro atoms. The number of nitrogens with zero attached hydrogens (tertiary/aromatic N) is 3. The van der Waals surface area contributed by atoms with Crippen molar-refractivity contribution in [3.05, 3.63) is 36.6 Å². The molecular formula is C13H19N5O3. The van der Waals surface area contributed by atoms with Gasteiger partial charge in [0.15, 0.2) is 5.82 Å². The molecule has 8 heteroatoms. The van der Waals surface area contributed by atoms with Crippen LogP contribution < -0.4 is 20.7 Å². The van der Waals surface area contributed by atoms with E-state index in [4.69, 9.17) is 10.5 Å². The molecule has 0 bridgehead atoms. The van der Waals surface area contributed by atoms with Gasteiger partial charge in [0.25, 0.3) is 0 Å². The van der Waals surface area contributed by atoms with Gasteiger partial charge in [-0.3, -0.25) is 0 Å². The number of amides is 1. The Morgan fingerprint density at radius 3 is 2.71 bits per heavy atom. The second-order valence-corrected chi connectivity index (χ2v) is 3.98. The zero-order chi connectivity index (χ0) is 15.8. The summed E-state index contributed by atoms with van der Waals surface area (Å²) >= 11 is 0. The average Bonchev–Trinajstić information content (AvgIpc) is 2.43. The van der Waals surface area contributed by atoms with Crippen LogP contribution in [-0.4, -0.2) is 30.8 Å². The zero-order valence-corrected chi connectivity index (χ0v) is 11.9. The highest BCUT2D eigenvalue weighted by Gasteiger charge is 2.17. The van der Waals surface area contributed by atoms with E-state index in [1.165, 1.54) is 6.07 Å². The second kappa shape index (κ2) is 7.73. The van der Waals surface area contributed by atoms with E-state index >= 15 is 0 Å². The molecule has 0 fully saturated rings. The van der Waals surface area contributed by atoms with E-state index in [0.717, 1.165) is 0 Å². The molecule has 8 nitrogen and oxygen atoms in total. The number of nitrogen functional groups attached to an aromatic ring is 1. The van der Waals surface area contributed by atoms with Crippen LogP contribution in [0, 0.1) is 5.21 Å². The Balaban J connectivity index is 3.11. The summed E-state index contributed by atoms with van der Waals surface area (Å²) in [5.74, 6) is 0.0812. The van der Waals surface area contributed by atoms with Crippen LogP contribution in [0.25, 0.3) is 0 Å². The molecule has 1 heterocycles. The maximum atomic E-state index is 11.8. The predicted molar refractivity (Wildman–Crippen MR) is 80.9 cm³/mol. The van der Waals surface area contributed by atoms with Crippen molar-refractivity contribution in [2.45, 2.75) is 6.92 Å². The van der Waals surface area contributed by atoms with Gasteiger partial charge in [-0.15, -0.1) is 13.2 Å². The lowest BCUT2D eigenvalue weighted by Crippen LogP contribution is -2.38. The van der Waals surface area contributed by atoms with Crippen molar-refractivity contribution in [2.24, 2.45) is 0 Å². The maximum Gasteiger partial charge on any atom is 0.458 e. The first-order valence-corrected chi connectivity index (χ1v) is 6.34. The van der Waals surface area contributed by atoms with Crippen LogP contribution in [0.5, 0.6) is 0 Å². The molecule has 0 aliphatic carbocycles. The number of aromatic nitrogens is 2. The predicted octanol–water partition coefficient (Wildman–Crippen LogP) is 1.04. The lowest BCUT2D eigenvalue weighted by atomic mass is 10.4. The second-order valence-electron chi connectivity index (χ2n) is 3.98. The average molecular weight is 293 g/mol. The molecule has 114 valence electrons. The standard InChI is InChI=1S/C13H19N5O3/c1-4-7-17(8-5-2)10-9-11(16-13(19)21-6-3)18(20)12(14)15-10/h4-5,9H,1-2,6-8H2,3H3,(H2,14,15)(H,16,19). The third-order valence-electron chi connectivity index (χ3n) is 2.45. The lowest BCUT2D eigenvalue weighted by Gasteiger charge is -2.21. The number of nitrogens with two attached hydrogens (primary N) is 1. The first-order chi connectivity index (χ1) is 10.0. The third-order valence-corrected chi connectivity index (χ3v) is 2.45. The molecule has 0 atom stereocenters. The van der Waals surface area contributed by atoms with Crippen LogP contribution >= 0.6 is 0 Å². The van der Waals surface area contributed by atoms with E-state index in [1.54, 1.807) is 24.0 Å². The highest BCUT2D eigenvalue weighted by molar-refractivity contribution is 5.83. The van der Waals surface area contributed by atoms with E-state index in [-0.39, 0.29) is 18.4 Å². The summed E-state index contributed by atoms with van der Waals surface area (Å²) in [6.07, 6.45) is 2.62.